The van der Waals surface area contributed by atoms with E-state index in [0.717, 1.165) is 26.1 Å². The Morgan fingerprint density at radius 2 is 2.41 bits per heavy atom. The van der Waals surface area contributed by atoms with Gasteiger partial charge in [-0.3, -0.25) is 0 Å². The largest absolute Gasteiger partial charge is 0.382 e. The number of halogens is 2. The van der Waals surface area contributed by atoms with Crippen molar-refractivity contribution in [1.82, 2.24) is 5.32 Å². The molecular weight excluding hydrogens is 285 g/mol. The van der Waals surface area contributed by atoms with Crippen molar-refractivity contribution in [3.8, 4) is 6.07 Å². The van der Waals surface area contributed by atoms with Gasteiger partial charge in [0.25, 0.3) is 0 Å². The second-order valence-corrected chi connectivity index (χ2v) is 4.93. The zero-order valence-corrected chi connectivity index (χ0v) is 10.8. The van der Waals surface area contributed by atoms with E-state index in [1.807, 2.05) is 6.07 Å². The first-order valence-electron chi connectivity index (χ1n) is 5.55. The Balaban J connectivity index is 2.06. The summed E-state index contributed by atoms with van der Waals surface area (Å²) in [5, 5.41) is 15.1. The second kappa shape index (κ2) is 5.48. The standard InChI is InChI=1S/C12H13BrFN3/c13-11-9(5-15)1-2-10(12(11)14)17-7-8-3-4-16-6-8/h1-2,8,16-17H,3-4,6-7H2. The van der Waals surface area contributed by atoms with Gasteiger partial charge in [-0.1, -0.05) is 0 Å². The molecule has 0 spiro atoms. The molecule has 1 aromatic carbocycles. The highest BCUT2D eigenvalue weighted by molar-refractivity contribution is 9.10. The average molecular weight is 298 g/mol. The number of benzene rings is 1. The lowest BCUT2D eigenvalue weighted by Crippen LogP contribution is -2.17. The Labute approximate surface area is 108 Å². The predicted octanol–water partition coefficient (Wildman–Crippen LogP) is 2.48. The molecule has 2 rings (SSSR count). The minimum absolute atomic E-state index is 0.231. The third-order valence-corrected chi connectivity index (χ3v) is 3.72. The smallest absolute Gasteiger partial charge is 0.161 e. The lowest BCUT2D eigenvalue weighted by Gasteiger charge is -2.12. The number of hydrogen-bond donors (Lipinski definition) is 2. The van der Waals surface area contributed by atoms with Crippen LogP contribution in [0.5, 0.6) is 0 Å². The van der Waals surface area contributed by atoms with Gasteiger partial charge in [-0.05, 0) is 53.5 Å². The van der Waals surface area contributed by atoms with E-state index in [1.165, 1.54) is 0 Å². The van der Waals surface area contributed by atoms with Gasteiger partial charge in [0.15, 0.2) is 5.82 Å². The summed E-state index contributed by atoms with van der Waals surface area (Å²) in [6.45, 7) is 2.76. The van der Waals surface area contributed by atoms with Crippen molar-refractivity contribution in [2.45, 2.75) is 6.42 Å². The molecule has 3 nitrogen and oxygen atoms in total. The van der Waals surface area contributed by atoms with Crippen LogP contribution in [0.4, 0.5) is 10.1 Å². The maximum atomic E-state index is 13.8. The van der Waals surface area contributed by atoms with Crippen LogP contribution in [-0.4, -0.2) is 19.6 Å². The van der Waals surface area contributed by atoms with Crippen LogP contribution < -0.4 is 10.6 Å². The van der Waals surface area contributed by atoms with E-state index in [9.17, 15) is 4.39 Å². The minimum Gasteiger partial charge on any atom is -0.382 e. The molecule has 1 atom stereocenters. The molecule has 0 aromatic heterocycles. The van der Waals surface area contributed by atoms with Gasteiger partial charge >= 0.3 is 0 Å². The van der Waals surface area contributed by atoms with E-state index in [0.29, 0.717) is 17.2 Å². The van der Waals surface area contributed by atoms with E-state index in [-0.39, 0.29) is 4.47 Å². The lowest BCUT2D eigenvalue weighted by atomic mass is 10.1. The Morgan fingerprint density at radius 1 is 1.59 bits per heavy atom. The Bertz CT molecular complexity index is 450. The molecule has 1 aliphatic rings. The van der Waals surface area contributed by atoms with Gasteiger partial charge in [0.05, 0.1) is 15.7 Å². The number of rotatable bonds is 3. The van der Waals surface area contributed by atoms with Crippen LogP contribution in [0.2, 0.25) is 0 Å². The van der Waals surface area contributed by atoms with Crippen molar-refractivity contribution in [3.63, 3.8) is 0 Å². The van der Waals surface area contributed by atoms with E-state index < -0.39 is 5.82 Å². The van der Waals surface area contributed by atoms with Crippen molar-refractivity contribution in [2.24, 2.45) is 5.92 Å². The van der Waals surface area contributed by atoms with E-state index in [2.05, 4.69) is 26.6 Å². The van der Waals surface area contributed by atoms with Crippen molar-refractivity contribution >= 4 is 21.6 Å². The fourth-order valence-corrected chi connectivity index (χ4v) is 2.35. The van der Waals surface area contributed by atoms with Crippen molar-refractivity contribution in [2.75, 3.05) is 25.0 Å². The molecule has 2 N–H and O–H groups in total. The topological polar surface area (TPSA) is 47.9 Å². The molecule has 90 valence electrons. The summed E-state index contributed by atoms with van der Waals surface area (Å²) in [5.41, 5.74) is 0.762. The second-order valence-electron chi connectivity index (χ2n) is 4.14. The fourth-order valence-electron chi connectivity index (χ4n) is 1.92. The van der Waals surface area contributed by atoms with Crippen LogP contribution >= 0.6 is 15.9 Å². The summed E-state index contributed by atoms with van der Waals surface area (Å²) in [4.78, 5) is 0. The number of nitrogens with zero attached hydrogens (tertiary/aromatic N) is 1. The van der Waals surface area contributed by atoms with Gasteiger partial charge in [0.2, 0.25) is 0 Å². The van der Waals surface area contributed by atoms with Gasteiger partial charge in [-0.25, -0.2) is 4.39 Å². The molecule has 1 aromatic rings. The lowest BCUT2D eigenvalue weighted by molar-refractivity contribution is 0.599. The SMILES string of the molecule is N#Cc1ccc(NCC2CCNC2)c(F)c1Br. The zero-order chi connectivity index (χ0) is 12.3. The Kier molecular flexibility index (Phi) is 3.97. The van der Waals surface area contributed by atoms with Crippen LogP contribution in [0, 0.1) is 23.1 Å². The first kappa shape index (κ1) is 12.3. The molecule has 1 aliphatic heterocycles. The number of nitrogens with one attached hydrogen (secondary N) is 2. The summed E-state index contributed by atoms with van der Waals surface area (Å²) < 4.78 is 14.1. The maximum absolute atomic E-state index is 13.8. The molecule has 5 heteroatoms. The van der Waals surface area contributed by atoms with Gasteiger partial charge in [-0.15, -0.1) is 0 Å². The van der Waals surface area contributed by atoms with Crippen LogP contribution in [0.1, 0.15) is 12.0 Å². The van der Waals surface area contributed by atoms with Crippen LogP contribution in [0.3, 0.4) is 0 Å². The molecule has 0 aliphatic carbocycles. The Morgan fingerprint density at radius 3 is 3.06 bits per heavy atom. The highest BCUT2D eigenvalue weighted by Gasteiger charge is 2.16. The molecule has 0 bridgehead atoms. The summed E-state index contributed by atoms with van der Waals surface area (Å²) >= 11 is 3.09. The molecule has 1 fully saturated rings. The van der Waals surface area contributed by atoms with Crippen molar-refractivity contribution in [1.29, 1.82) is 5.26 Å². The summed E-state index contributed by atoms with van der Waals surface area (Å²) in [6.07, 6.45) is 1.12. The van der Waals surface area contributed by atoms with Crippen molar-refractivity contribution in [3.05, 3.63) is 28.0 Å². The van der Waals surface area contributed by atoms with E-state index in [1.54, 1.807) is 12.1 Å². The third kappa shape index (κ3) is 2.76. The van der Waals surface area contributed by atoms with Gasteiger partial charge in [0, 0.05) is 6.54 Å². The van der Waals surface area contributed by atoms with Gasteiger partial charge in [0.1, 0.15) is 6.07 Å². The number of hydrogen-bond acceptors (Lipinski definition) is 3. The predicted molar refractivity (Wildman–Crippen MR) is 68.3 cm³/mol. The van der Waals surface area contributed by atoms with E-state index >= 15 is 0 Å². The zero-order valence-electron chi connectivity index (χ0n) is 9.26. The van der Waals surface area contributed by atoms with Crippen molar-refractivity contribution < 1.29 is 4.39 Å². The molecule has 0 radical (unpaired) electrons. The average Bonchev–Trinajstić information content (AvgIpc) is 2.84. The first-order valence-corrected chi connectivity index (χ1v) is 6.34. The molecule has 1 heterocycles. The highest BCUT2D eigenvalue weighted by atomic mass is 79.9. The summed E-state index contributed by atoms with van der Waals surface area (Å²) in [5.74, 6) is 0.152. The third-order valence-electron chi connectivity index (χ3n) is 2.95. The van der Waals surface area contributed by atoms with E-state index in [4.69, 9.17) is 5.26 Å². The van der Waals surface area contributed by atoms with Crippen LogP contribution in [-0.2, 0) is 0 Å². The molecule has 0 saturated carbocycles. The Hall–Kier alpha value is -1.12. The summed E-state index contributed by atoms with van der Waals surface area (Å²) in [6, 6.07) is 5.16. The maximum Gasteiger partial charge on any atom is 0.161 e. The first-order chi connectivity index (χ1) is 8.22. The molecule has 1 saturated heterocycles. The number of nitriles is 1. The van der Waals surface area contributed by atoms with Crippen LogP contribution in [0.25, 0.3) is 0 Å². The fraction of sp³-hybridized carbons (Fsp3) is 0.417. The minimum atomic E-state index is -0.394. The number of anilines is 1. The van der Waals surface area contributed by atoms with Gasteiger partial charge < -0.3 is 10.6 Å². The summed E-state index contributed by atoms with van der Waals surface area (Å²) in [7, 11) is 0. The van der Waals surface area contributed by atoms with Gasteiger partial charge in [-0.2, -0.15) is 5.26 Å². The normalized spacial score (nSPS) is 19.0. The highest BCUT2D eigenvalue weighted by Crippen LogP contribution is 2.26. The van der Waals surface area contributed by atoms with Crippen LogP contribution in [0.15, 0.2) is 16.6 Å². The quantitative estimate of drug-likeness (QED) is 0.901. The molecule has 17 heavy (non-hydrogen) atoms. The molecule has 1 unspecified atom stereocenters. The molecule has 0 amide bonds. The molecular formula is C12H13BrFN3. The monoisotopic (exact) mass is 297 g/mol.